The third kappa shape index (κ3) is 3.35. The molecule has 0 bridgehead atoms. The first-order valence-electron chi connectivity index (χ1n) is 3.60. The Kier molecular flexibility index (Phi) is 4.23. The molecule has 0 spiro atoms. The van der Waals surface area contributed by atoms with Crippen LogP contribution in [0.3, 0.4) is 0 Å². The molecule has 3 nitrogen and oxygen atoms in total. The summed E-state index contributed by atoms with van der Waals surface area (Å²) in [5.74, 6) is -0.653. The topological polar surface area (TPSA) is 43.4 Å². The number of ether oxygens (including phenoxy) is 1. The molecule has 0 saturated carbocycles. The molecule has 0 fully saturated rings. The predicted octanol–water partition coefficient (Wildman–Crippen LogP) is 3.52. The Labute approximate surface area is 104 Å². The summed E-state index contributed by atoms with van der Waals surface area (Å²) < 4.78 is 50.0. The highest BCUT2D eigenvalue weighted by Crippen LogP contribution is 2.35. The zero-order valence-electron chi connectivity index (χ0n) is 7.25. The predicted molar refractivity (Wildman–Crippen MR) is 56.1 cm³/mol. The van der Waals surface area contributed by atoms with Crippen LogP contribution in [0.15, 0.2) is 17.0 Å². The molecule has 0 aliphatic rings. The minimum atomic E-state index is -4.25. The molecule has 0 unspecified atom stereocenters. The normalized spacial score (nSPS) is 11.9. The fourth-order valence-electron chi connectivity index (χ4n) is 0.889. The molecule has 0 aliphatic carbocycles. The molecular weight excluding hydrogens is 308 g/mol. The van der Waals surface area contributed by atoms with Gasteiger partial charge in [0.05, 0.1) is 10.0 Å². The highest BCUT2D eigenvalue weighted by molar-refractivity contribution is 8.13. The largest absolute Gasteiger partial charge is 0.433 e. The third-order valence-electron chi connectivity index (χ3n) is 1.47. The van der Waals surface area contributed by atoms with Crippen LogP contribution in [-0.4, -0.2) is 15.0 Å². The number of hydrogen-bond donors (Lipinski definition) is 0. The van der Waals surface area contributed by atoms with Crippen LogP contribution >= 0.6 is 33.9 Å². The van der Waals surface area contributed by atoms with Crippen molar-refractivity contribution in [3.8, 4) is 5.75 Å². The quantitative estimate of drug-likeness (QED) is 0.802. The van der Waals surface area contributed by atoms with Gasteiger partial charge in [-0.15, -0.1) is 0 Å². The first-order chi connectivity index (χ1) is 7.21. The average molecular weight is 312 g/mol. The molecule has 0 saturated heterocycles. The Hall–Kier alpha value is -0.300. The van der Waals surface area contributed by atoms with Gasteiger partial charge < -0.3 is 4.74 Å². The average Bonchev–Trinajstić information content (AvgIpc) is 2.08. The van der Waals surface area contributed by atoms with Gasteiger partial charge in [0.1, 0.15) is 10.6 Å². The van der Waals surface area contributed by atoms with Crippen LogP contribution in [0.4, 0.5) is 8.78 Å². The van der Waals surface area contributed by atoms with E-state index in [9.17, 15) is 17.2 Å². The van der Waals surface area contributed by atoms with Gasteiger partial charge in [0.25, 0.3) is 9.05 Å². The van der Waals surface area contributed by atoms with Crippen molar-refractivity contribution < 1.29 is 21.9 Å². The second-order valence-corrected chi connectivity index (χ2v) is 5.88. The van der Waals surface area contributed by atoms with Crippen molar-refractivity contribution in [1.82, 2.24) is 0 Å². The lowest BCUT2D eigenvalue weighted by molar-refractivity contribution is -0.0517. The van der Waals surface area contributed by atoms with E-state index in [1.54, 1.807) is 0 Å². The molecule has 0 aliphatic heterocycles. The van der Waals surface area contributed by atoms with Crippen molar-refractivity contribution in [3.63, 3.8) is 0 Å². The molecule has 90 valence electrons. The van der Waals surface area contributed by atoms with Crippen LogP contribution in [0.1, 0.15) is 0 Å². The van der Waals surface area contributed by atoms with Gasteiger partial charge in [0.2, 0.25) is 0 Å². The number of rotatable bonds is 3. The van der Waals surface area contributed by atoms with E-state index in [1.807, 2.05) is 0 Å². The van der Waals surface area contributed by atoms with E-state index in [1.165, 1.54) is 0 Å². The Morgan fingerprint density at radius 1 is 1.19 bits per heavy atom. The molecular formula is C7H3Cl3F2O3S. The second-order valence-electron chi connectivity index (χ2n) is 2.53. The first kappa shape index (κ1) is 13.8. The fourth-order valence-corrected chi connectivity index (χ4v) is 2.24. The Balaban J connectivity index is 3.40. The summed E-state index contributed by atoms with van der Waals surface area (Å²) in [7, 11) is 0.770. The molecule has 9 heteroatoms. The molecule has 1 aromatic rings. The van der Waals surface area contributed by atoms with E-state index in [0.717, 1.165) is 12.1 Å². The van der Waals surface area contributed by atoms with Gasteiger partial charge >= 0.3 is 6.61 Å². The van der Waals surface area contributed by atoms with Crippen LogP contribution in [0.2, 0.25) is 10.0 Å². The van der Waals surface area contributed by atoms with Gasteiger partial charge in [-0.1, -0.05) is 23.2 Å². The second kappa shape index (κ2) is 4.91. The highest BCUT2D eigenvalue weighted by Gasteiger charge is 2.21. The standard InChI is InChI=1S/C7H3Cl3F2O3S/c8-3-1-5(15-7(11)12)6(2-4(3)9)16(10,13)14/h1-2,7H. The molecule has 0 radical (unpaired) electrons. The molecule has 0 heterocycles. The maximum absolute atomic E-state index is 12.0. The number of halogens is 5. The van der Waals surface area contributed by atoms with Gasteiger partial charge in [0.15, 0.2) is 0 Å². The van der Waals surface area contributed by atoms with Crippen molar-refractivity contribution in [3.05, 3.63) is 22.2 Å². The lowest BCUT2D eigenvalue weighted by atomic mass is 10.3. The minimum Gasteiger partial charge on any atom is -0.433 e. The smallest absolute Gasteiger partial charge is 0.387 e. The summed E-state index contributed by atoms with van der Waals surface area (Å²) in [6, 6.07) is 1.69. The lowest BCUT2D eigenvalue weighted by Gasteiger charge is -2.09. The Morgan fingerprint density at radius 2 is 1.69 bits per heavy atom. The van der Waals surface area contributed by atoms with Crippen molar-refractivity contribution in [2.45, 2.75) is 11.5 Å². The zero-order chi connectivity index (χ0) is 12.5. The van der Waals surface area contributed by atoms with E-state index < -0.39 is 26.3 Å². The van der Waals surface area contributed by atoms with E-state index in [4.69, 9.17) is 33.9 Å². The van der Waals surface area contributed by atoms with Gasteiger partial charge in [-0.05, 0) is 6.07 Å². The van der Waals surface area contributed by atoms with E-state index in [2.05, 4.69) is 4.74 Å². The molecule has 0 aromatic heterocycles. The van der Waals surface area contributed by atoms with Gasteiger partial charge in [0, 0.05) is 16.7 Å². The van der Waals surface area contributed by atoms with Crippen LogP contribution in [-0.2, 0) is 9.05 Å². The summed E-state index contributed by atoms with van der Waals surface area (Å²) >= 11 is 11.1. The monoisotopic (exact) mass is 310 g/mol. The van der Waals surface area contributed by atoms with Crippen molar-refractivity contribution in [2.75, 3.05) is 0 Å². The molecule has 0 N–H and O–H groups in total. The van der Waals surface area contributed by atoms with Crippen molar-refractivity contribution >= 4 is 42.9 Å². The van der Waals surface area contributed by atoms with Crippen LogP contribution in [0, 0.1) is 0 Å². The Bertz CT molecular complexity index is 504. The summed E-state index contributed by atoms with van der Waals surface area (Å²) in [4.78, 5) is -0.663. The molecule has 16 heavy (non-hydrogen) atoms. The minimum absolute atomic E-state index is 0.124. The SMILES string of the molecule is O=S(=O)(Cl)c1cc(Cl)c(Cl)cc1OC(F)F. The number of alkyl halides is 2. The zero-order valence-corrected chi connectivity index (χ0v) is 10.3. The molecule has 1 aromatic carbocycles. The number of benzene rings is 1. The van der Waals surface area contributed by atoms with E-state index in [0.29, 0.717) is 0 Å². The van der Waals surface area contributed by atoms with Crippen molar-refractivity contribution in [1.29, 1.82) is 0 Å². The summed E-state index contributed by atoms with van der Waals surface area (Å²) in [6.07, 6.45) is 0. The van der Waals surface area contributed by atoms with Gasteiger partial charge in [-0.25, -0.2) is 8.42 Å². The maximum atomic E-state index is 12.0. The molecule has 1 rings (SSSR count). The van der Waals surface area contributed by atoms with Gasteiger partial charge in [-0.2, -0.15) is 8.78 Å². The molecule has 0 atom stereocenters. The first-order valence-corrected chi connectivity index (χ1v) is 6.67. The van der Waals surface area contributed by atoms with Crippen molar-refractivity contribution in [2.24, 2.45) is 0 Å². The fraction of sp³-hybridized carbons (Fsp3) is 0.143. The third-order valence-corrected chi connectivity index (χ3v) is 3.53. The Morgan fingerprint density at radius 3 is 2.12 bits per heavy atom. The summed E-state index contributed by atoms with van der Waals surface area (Å²) in [5, 5.41) is -0.260. The van der Waals surface area contributed by atoms with E-state index >= 15 is 0 Å². The van der Waals surface area contributed by atoms with Crippen LogP contribution in [0.5, 0.6) is 5.75 Å². The summed E-state index contributed by atoms with van der Waals surface area (Å²) in [6.45, 7) is -3.20. The molecule has 0 amide bonds. The van der Waals surface area contributed by atoms with Crippen LogP contribution in [0.25, 0.3) is 0 Å². The van der Waals surface area contributed by atoms with Crippen LogP contribution < -0.4 is 4.74 Å². The highest BCUT2D eigenvalue weighted by atomic mass is 35.7. The maximum Gasteiger partial charge on any atom is 0.387 e. The lowest BCUT2D eigenvalue weighted by Crippen LogP contribution is -2.05. The van der Waals surface area contributed by atoms with Gasteiger partial charge in [-0.3, -0.25) is 0 Å². The summed E-state index contributed by atoms with van der Waals surface area (Å²) in [5.41, 5.74) is 0. The number of hydrogen-bond acceptors (Lipinski definition) is 3. The van der Waals surface area contributed by atoms with E-state index in [-0.39, 0.29) is 10.0 Å².